The molecule has 0 fully saturated rings. The van der Waals surface area contributed by atoms with Crippen LogP contribution in [-0.2, 0) is 12.8 Å². The van der Waals surface area contributed by atoms with Gasteiger partial charge in [0.2, 0.25) is 11.2 Å². The second-order valence-electron chi connectivity index (χ2n) is 6.95. The molecule has 3 aromatic carbocycles. The maximum atomic E-state index is 13.7. The molecule has 0 saturated carbocycles. The molecular weight excluding hydrogens is 427 g/mol. The third-order valence-electron chi connectivity index (χ3n) is 4.79. The van der Waals surface area contributed by atoms with E-state index in [0.29, 0.717) is 5.56 Å². The summed E-state index contributed by atoms with van der Waals surface area (Å²) < 4.78 is 51.8. The lowest BCUT2D eigenvalue weighted by Gasteiger charge is -2.14. The fourth-order valence-corrected chi connectivity index (χ4v) is 3.24. The van der Waals surface area contributed by atoms with Crippen LogP contribution in [0.2, 0.25) is 0 Å². The maximum absolute atomic E-state index is 13.7. The Labute approximate surface area is 179 Å². The van der Waals surface area contributed by atoms with Gasteiger partial charge in [-0.3, -0.25) is 4.79 Å². The topological polar surface area (TPSA) is 87.2 Å². The summed E-state index contributed by atoms with van der Waals surface area (Å²) in [7, 11) is 0. The maximum Gasteiger partial charge on any atom is 0.450 e. The largest absolute Gasteiger partial charge is 0.595 e. The van der Waals surface area contributed by atoms with E-state index in [1.54, 1.807) is 30.3 Å². The average molecular weight is 443 g/mol. The Bertz CT molecular complexity index is 1300. The molecule has 32 heavy (non-hydrogen) atoms. The van der Waals surface area contributed by atoms with Gasteiger partial charge in [-0.25, -0.2) is 5.21 Å². The number of benzene rings is 3. The van der Waals surface area contributed by atoms with Gasteiger partial charge in [-0.1, -0.05) is 30.3 Å². The van der Waals surface area contributed by atoms with Crippen molar-refractivity contribution in [3.8, 4) is 16.9 Å². The number of quaternary nitrogens is 1. The van der Waals surface area contributed by atoms with Crippen molar-refractivity contribution < 1.29 is 32.8 Å². The molecule has 9 heteroatoms. The van der Waals surface area contributed by atoms with E-state index < -0.39 is 28.2 Å². The zero-order chi connectivity index (χ0) is 22.9. The van der Waals surface area contributed by atoms with Crippen LogP contribution in [0, 0.1) is 5.21 Å². The van der Waals surface area contributed by atoms with Crippen LogP contribution >= 0.6 is 0 Å². The van der Waals surface area contributed by atoms with Crippen LogP contribution in [0.25, 0.3) is 22.1 Å². The van der Waals surface area contributed by atoms with E-state index in [-0.39, 0.29) is 34.6 Å². The molecule has 0 aliphatic heterocycles. The van der Waals surface area contributed by atoms with E-state index in [2.05, 4.69) is 0 Å². The van der Waals surface area contributed by atoms with Crippen LogP contribution in [0.3, 0.4) is 0 Å². The van der Waals surface area contributed by atoms with Crippen molar-refractivity contribution in [3.05, 3.63) is 99.6 Å². The fraction of sp³-hybridized carbons (Fsp3) is 0.0870. The van der Waals surface area contributed by atoms with Crippen LogP contribution in [0.1, 0.15) is 11.3 Å². The molecule has 2 N–H and O–H groups in total. The highest BCUT2D eigenvalue weighted by Gasteiger charge is 2.39. The van der Waals surface area contributed by atoms with Gasteiger partial charge in [-0.05, 0) is 35.4 Å². The highest BCUT2D eigenvalue weighted by Crippen LogP contribution is 2.37. The molecule has 1 unspecified atom stereocenters. The first-order valence-corrected chi connectivity index (χ1v) is 9.42. The van der Waals surface area contributed by atoms with E-state index in [4.69, 9.17) is 14.4 Å². The monoisotopic (exact) mass is 443 g/mol. The summed E-state index contributed by atoms with van der Waals surface area (Å²) in [5, 5.41) is 18.8. The van der Waals surface area contributed by atoms with Crippen LogP contribution in [0.5, 0.6) is 5.75 Å². The molecule has 164 valence electrons. The zero-order valence-corrected chi connectivity index (χ0v) is 16.3. The standard InChI is InChI=1S/C23H16F3NO5/c24-23(25,26)22-20(15-4-2-1-3-5-15)21(28)18-11-10-17(12-19(18)32-22)31-13-14-6-8-16(9-7-14)27(29)30/h1-12,27,29H,13H2. The molecule has 1 atom stereocenters. The summed E-state index contributed by atoms with van der Waals surface area (Å²) in [6.45, 7) is 0.0455. The van der Waals surface area contributed by atoms with Gasteiger partial charge >= 0.3 is 6.18 Å². The smallest absolute Gasteiger partial charge is 0.450 e. The number of hydrogen-bond acceptors (Lipinski definition) is 5. The van der Waals surface area contributed by atoms with Crippen molar-refractivity contribution in [2.24, 2.45) is 0 Å². The number of halogens is 3. The fourth-order valence-electron chi connectivity index (χ4n) is 3.24. The Hall–Kier alpha value is -3.66. The Balaban J connectivity index is 1.70. The van der Waals surface area contributed by atoms with Gasteiger partial charge in [-0.2, -0.15) is 18.4 Å². The molecule has 0 spiro atoms. The third-order valence-corrected chi connectivity index (χ3v) is 4.79. The van der Waals surface area contributed by atoms with Crippen LogP contribution in [-0.4, -0.2) is 5.21 Å². The van der Waals surface area contributed by atoms with Gasteiger partial charge in [0.1, 0.15) is 17.9 Å². The van der Waals surface area contributed by atoms with E-state index in [9.17, 15) is 23.2 Å². The zero-order valence-electron chi connectivity index (χ0n) is 16.3. The third kappa shape index (κ3) is 4.35. The van der Waals surface area contributed by atoms with E-state index in [1.807, 2.05) is 0 Å². The normalized spacial score (nSPS) is 12.7. The van der Waals surface area contributed by atoms with Gasteiger partial charge in [0.05, 0.1) is 10.9 Å². The molecule has 4 aromatic rings. The molecule has 4 rings (SSSR count). The number of nitrogens with one attached hydrogen (secondary N) is 1. The second kappa shape index (κ2) is 8.46. The summed E-state index contributed by atoms with van der Waals surface area (Å²) in [6.07, 6.45) is -4.87. The highest BCUT2D eigenvalue weighted by atomic mass is 19.4. The molecular formula is C23H16F3NO5. The highest BCUT2D eigenvalue weighted by molar-refractivity contribution is 5.84. The minimum atomic E-state index is -4.87. The Kier molecular flexibility index (Phi) is 5.70. The van der Waals surface area contributed by atoms with Crippen molar-refractivity contribution in [1.29, 1.82) is 0 Å². The Morgan fingerprint density at radius 3 is 2.31 bits per heavy atom. The quantitative estimate of drug-likeness (QED) is 0.445. The average Bonchev–Trinajstić information content (AvgIpc) is 2.77. The van der Waals surface area contributed by atoms with Gasteiger partial charge in [-0.15, -0.1) is 0 Å². The molecule has 0 saturated heterocycles. The van der Waals surface area contributed by atoms with Crippen molar-refractivity contribution in [2.45, 2.75) is 12.8 Å². The summed E-state index contributed by atoms with van der Waals surface area (Å²) in [5.41, 5.74) is -0.693. The molecule has 0 radical (unpaired) electrons. The molecule has 0 aliphatic carbocycles. The summed E-state index contributed by atoms with van der Waals surface area (Å²) in [6, 6.07) is 17.6. The summed E-state index contributed by atoms with van der Waals surface area (Å²) in [5.74, 6) is -1.17. The lowest BCUT2D eigenvalue weighted by molar-refractivity contribution is -0.991. The van der Waals surface area contributed by atoms with E-state index in [1.165, 1.54) is 42.5 Å². The number of rotatable bonds is 5. The van der Waals surface area contributed by atoms with Crippen molar-refractivity contribution in [1.82, 2.24) is 0 Å². The van der Waals surface area contributed by atoms with Crippen LogP contribution in [0.4, 0.5) is 18.9 Å². The second-order valence-corrected chi connectivity index (χ2v) is 6.95. The molecule has 0 aliphatic rings. The van der Waals surface area contributed by atoms with Gasteiger partial charge < -0.3 is 14.4 Å². The molecule has 1 heterocycles. The van der Waals surface area contributed by atoms with Gasteiger partial charge in [0, 0.05) is 18.2 Å². The van der Waals surface area contributed by atoms with Crippen molar-refractivity contribution in [2.75, 3.05) is 0 Å². The predicted molar refractivity (Wildman–Crippen MR) is 109 cm³/mol. The van der Waals surface area contributed by atoms with E-state index >= 15 is 0 Å². The first kappa shape index (κ1) is 21.6. The number of hydrogen-bond donors (Lipinski definition) is 2. The minimum Gasteiger partial charge on any atom is -0.595 e. The first-order valence-electron chi connectivity index (χ1n) is 9.42. The van der Waals surface area contributed by atoms with Gasteiger partial charge in [0.25, 0.3) is 0 Å². The minimum absolute atomic E-state index is 0.00462. The van der Waals surface area contributed by atoms with Crippen molar-refractivity contribution >= 4 is 16.7 Å². The molecule has 6 nitrogen and oxygen atoms in total. The summed E-state index contributed by atoms with van der Waals surface area (Å²) >= 11 is 0. The first-order chi connectivity index (χ1) is 15.2. The lowest BCUT2D eigenvalue weighted by Crippen LogP contribution is -2.99. The van der Waals surface area contributed by atoms with Gasteiger partial charge in [0.15, 0.2) is 5.69 Å². The molecule has 1 aromatic heterocycles. The number of ether oxygens (including phenoxy) is 1. The lowest BCUT2D eigenvalue weighted by atomic mass is 10.0. The Morgan fingerprint density at radius 1 is 1.00 bits per heavy atom. The van der Waals surface area contributed by atoms with E-state index in [0.717, 1.165) is 0 Å². The predicted octanol–water partition coefficient (Wildman–Crippen LogP) is 4.46. The van der Waals surface area contributed by atoms with Crippen LogP contribution < -0.4 is 15.4 Å². The number of alkyl halides is 3. The van der Waals surface area contributed by atoms with Crippen LogP contribution in [0.15, 0.2) is 82.0 Å². The SMILES string of the molecule is O=c1c(-c2ccccc2)c(C(F)(F)F)oc2cc(OCc3ccc([NH+]([O-])O)cc3)ccc12. The van der Waals surface area contributed by atoms with Crippen molar-refractivity contribution in [3.63, 3.8) is 0 Å². The number of fused-ring (bicyclic) bond motifs is 1. The Morgan fingerprint density at radius 2 is 1.69 bits per heavy atom. The molecule has 0 bridgehead atoms. The summed E-state index contributed by atoms with van der Waals surface area (Å²) in [4.78, 5) is 12.9. The molecule has 0 amide bonds.